The van der Waals surface area contributed by atoms with Crippen LogP contribution in [0, 0.1) is 14.9 Å². The molecule has 0 saturated carbocycles. The third-order valence-corrected chi connectivity index (χ3v) is 4.82. The minimum Gasteiger partial charge on any atom is -0.198 e. The SMILES string of the molecule is N#CCc1ccc(I)c2scc(S)c12. The molecular formula is C10H6INS2. The van der Waals surface area contributed by atoms with Crippen molar-refractivity contribution in [2.45, 2.75) is 11.3 Å². The highest BCUT2D eigenvalue weighted by Crippen LogP contribution is 2.34. The molecule has 0 spiro atoms. The lowest BCUT2D eigenvalue weighted by molar-refractivity contribution is 1.28. The van der Waals surface area contributed by atoms with Crippen molar-refractivity contribution in [2.75, 3.05) is 0 Å². The lowest BCUT2D eigenvalue weighted by Crippen LogP contribution is -1.84. The van der Waals surface area contributed by atoms with Gasteiger partial charge in [-0.3, -0.25) is 0 Å². The fourth-order valence-electron chi connectivity index (χ4n) is 1.40. The maximum Gasteiger partial charge on any atom is 0.0669 e. The first-order chi connectivity index (χ1) is 6.74. The van der Waals surface area contributed by atoms with E-state index in [1.165, 1.54) is 8.27 Å². The van der Waals surface area contributed by atoms with Gasteiger partial charge in [0.15, 0.2) is 0 Å². The predicted octanol–water partition coefficient (Wildman–Crippen LogP) is 3.86. The van der Waals surface area contributed by atoms with Crippen molar-refractivity contribution in [2.24, 2.45) is 0 Å². The average Bonchev–Trinajstić information content (AvgIpc) is 2.55. The first-order valence-corrected chi connectivity index (χ1v) is 6.39. The van der Waals surface area contributed by atoms with Crippen LogP contribution in [-0.4, -0.2) is 0 Å². The molecule has 0 saturated heterocycles. The third kappa shape index (κ3) is 1.64. The van der Waals surface area contributed by atoms with Crippen molar-refractivity contribution in [1.29, 1.82) is 5.26 Å². The number of fused-ring (bicyclic) bond motifs is 1. The number of thiol groups is 1. The van der Waals surface area contributed by atoms with Gasteiger partial charge in [0.05, 0.1) is 12.5 Å². The minimum absolute atomic E-state index is 0.456. The maximum absolute atomic E-state index is 8.70. The molecule has 0 aliphatic rings. The molecule has 0 atom stereocenters. The van der Waals surface area contributed by atoms with Crippen LogP contribution in [0.15, 0.2) is 22.4 Å². The fraction of sp³-hybridized carbons (Fsp3) is 0.100. The fourth-order valence-corrected chi connectivity index (χ4v) is 3.61. The molecule has 0 fully saturated rings. The number of thiophene rings is 1. The Bertz CT molecular complexity index is 525. The molecule has 0 amide bonds. The Morgan fingerprint density at radius 2 is 2.29 bits per heavy atom. The van der Waals surface area contributed by atoms with Crippen molar-refractivity contribution < 1.29 is 0 Å². The highest BCUT2D eigenvalue weighted by atomic mass is 127. The molecule has 70 valence electrons. The number of hydrogen-bond donors (Lipinski definition) is 1. The van der Waals surface area contributed by atoms with Gasteiger partial charge < -0.3 is 0 Å². The number of rotatable bonds is 1. The summed E-state index contributed by atoms with van der Waals surface area (Å²) in [4.78, 5) is 0.980. The summed E-state index contributed by atoms with van der Waals surface area (Å²) in [7, 11) is 0. The summed E-state index contributed by atoms with van der Waals surface area (Å²) in [5.74, 6) is 0. The highest BCUT2D eigenvalue weighted by molar-refractivity contribution is 14.1. The maximum atomic E-state index is 8.70. The topological polar surface area (TPSA) is 23.8 Å². The zero-order chi connectivity index (χ0) is 10.1. The van der Waals surface area contributed by atoms with Crippen LogP contribution in [0.2, 0.25) is 0 Å². The van der Waals surface area contributed by atoms with Gasteiger partial charge in [0, 0.05) is 23.9 Å². The summed E-state index contributed by atoms with van der Waals surface area (Å²) in [6.45, 7) is 0. The predicted molar refractivity (Wildman–Crippen MR) is 71.1 cm³/mol. The van der Waals surface area contributed by atoms with Crippen LogP contribution in [0.25, 0.3) is 10.1 Å². The van der Waals surface area contributed by atoms with Crippen LogP contribution in [0.3, 0.4) is 0 Å². The number of benzene rings is 1. The van der Waals surface area contributed by atoms with Crippen molar-refractivity contribution in [1.82, 2.24) is 0 Å². The highest BCUT2D eigenvalue weighted by Gasteiger charge is 2.08. The normalized spacial score (nSPS) is 10.4. The molecule has 2 rings (SSSR count). The molecule has 1 heterocycles. The van der Waals surface area contributed by atoms with Gasteiger partial charge in [-0.05, 0) is 34.2 Å². The van der Waals surface area contributed by atoms with E-state index in [4.69, 9.17) is 5.26 Å². The van der Waals surface area contributed by atoms with E-state index in [0.717, 1.165) is 15.8 Å². The molecule has 0 aliphatic carbocycles. The summed E-state index contributed by atoms with van der Waals surface area (Å²) in [5.41, 5.74) is 1.08. The Balaban J connectivity index is 2.80. The molecule has 2 aromatic rings. The second kappa shape index (κ2) is 4.09. The first-order valence-electron chi connectivity index (χ1n) is 3.98. The van der Waals surface area contributed by atoms with Crippen LogP contribution in [0.1, 0.15) is 5.56 Å². The summed E-state index contributed by atoms with van der Waals surface area (Å²) in [5, 5.41) is 11.9. The van der Waals surface area contributed by atoms with E-state index in [0.29, 0.717) is 6.42 Å². The van der Waals surface area contributed by atoms with E-state index < -0.39 is 0 Å². The van der Waals surface area contributed by atoms with Crippen molar-refractivity contribution in [3.05, 3.63) is 26.6 Å². The summed E-state index contributed by atoms with van der Waals surface area (Å²) in [6.07, 6.45) is 0.456. The van der Waals surface area contributed by atoms with E-state index in [1.807, 2.05) is 11.4 Å². The van der Waals surface area contributed by atoms with Gasteiger partial charge in [0.25, 0.3) is 0 Å². The molecule has 0 radical (unpaired) electrons. The second-order valence-corrected chi connectivity index (χ2v) is 5.39. The first kappa shape index (κ1) is 10.3. The van der Waals surface area contributed by atoms with Crippen LogP contribution >= 0.6 is 46.6 Å². The zero-order valence-corrected chi connectivity index (χ0v) is 11.0. The average molecular weight is 331 g/mol. The van der Waals surface area contributed by atoms with Crippen LogP contribution in [0.4, 0.5) is 0 Å². The molecule has 1 aromatic carbocycles. The summed E-state index contributed by atoms with van der Waals surface area (Å²) in [6, 6.07) is 6.25. The molecule has 4 heteroatoms. The Morgan fingerprint density at radius 3 is 3.00 bits per heavy atom. The number of nitrogens with zero attached hydrogens (tertiary/aromatic N) is 1. The van der Waals surface area contributed by atoms with Crippen LogP contribution in [0.5, 0.6) is 0 Å². The van der Waals surface area contributed by atoms with Gasteiger partial charge in [-0.15, -0.1) is 24.0 Å². The lowest BCUT2D eigenvalue weighted by Gasteiger charge is -2.00. The van der Waals surface area contributed by atoms with Gasteiger partial charge in [0.1, 0.15) is 0 Å². The largest absolute Gasteiger partial charge is 0.198 e. The molecule has 0 unspecified atom stereocenters. The van der Waals surface area contributed by atoms with E-state index in [1.54, 1.807) is 11.3 Å². The third-order valence-electron chi connectivity index (χ3n) is 2.01. The molecule has 0 aliphatic heterocycles. The Labute approximate surface area is 105 Å². The van der Waals surface area contributed by atoms with E-state index >= 15 is 0 Å². The van der Waals surface area contributed by atoms with E-state index in [2.05, 4.69) is 47.4 Å². The van der Waals surface area contributed by atoms with Crippen molar-refractivity contribution in [3.63, 3.8) is 0 Å². The Kier molecular flexibility index (Phi) is 3.00. The van der Waals surface area contributed by atoms with Gasteiger partial charge in [-0.25, -0.2) is 0 Å². The van der Waals surface area contributed by atoms with Gasteiger partial charge >= 0.3 is 0 Å². The molecule has 14 heavy (non-hydrogen) atoms. The molecular weight excluding hydrogens is 325 g/mol. The quantitative estimate of drug-likeness (QED) is 0.623. The Morgan fingerprint density at radius 1 is 1.50 bits per heavy atom. The van der Waals surface area contributed by atoms with Gasteiger partial charge in [0.2, 0.25) is 0 Å². The number of hydrogen-bond acceptors (Lipinski definition) is 3. The van der Waals surface area contributed by atoms with Gasteiger partial charge in [-0.2, -0.15) is 5.26 Å². The monoisotopic (exact) mass is 331 g/mol. The smallest absolute Gasteiger partial charge is 0.0669 e. The van der Waals surface area contributed by atoms with Crippen LogP contribution < -0.4 is 0 Å². The summed E-state index contributed by atoms with van der Waals surface area (Å²) >= 11 is 8.41. The molecule has 0 bridgehead atoms. The molecule has 1 nitrogen and oxygen atoms in total. The number of nitriles is 1. The minimum atomic E-state index is 0.456. The molecule has 0 N–H and O–H groups in total. The van der Waals surface area contributed by atoms with Crippen LogP contribution in [-0.2, 0) is 6.42 Å². The Hall–Kier alpha value is -0.250. The van der Waals surface area contributed by atoms with E-state index in [9.17, 15) is 0 Å². The molecule has 1 aromatic heterocycles. The second-order valence-electron chi connectivity index (χ2n) is 2.87. The lowest BCUT2D eigenvalue weighted by atomic mass is 10.1. The van der Waals surface area contributed by atoms with E-state index in [-0.39, 0.29) is 0 Å². The van der Waals surface area contributed by atoms with Crippen molar-refractivity contribution in [3.8, 4) is 6.07 Å². The van der Waals surface area contributed by atoms with Gasteiger partial charge in [-0.1, -0.05) is 6.07 Å². The zero-order valence-electron chi connectivity index (χ0n) is 7.12. The standard InChI is InChI=1S/C10H6INS2/c11-7-2-1-6(3-4-12)9-8(13)5-14-10(7)9/h1-2,5,13H,3H2. The van der Waals surface area contributed by atoms with Crippen molar-refractivity contribution >= 4 is 56.6 Å². The summed E-state index contributed by atoms with van der Waals surface area (Å²) < 4.78 is 2.47. The number of halogens is 1.